The molecule has 60 heavy (non-hydrogen) atoms. The van der Waals surface area contributed by atoms with Gasteiger partial charge in [0.2, 0.25) is 0 Å². The molecule has 0 aromatic heterocycles. The van der Waals surface area contributed by atoms with E-state index in [0.29, 0.717) is 0 Å². The summed E-state index contributed by atoms with van der Waals surface area (Å²) in [7, 11) is 25.7. The number of fused-ring (bicyclic) bond motifs is 4. The number of hydrogen-bond acceptors (Lipinski definition) is 0. The van der Waals surface area contributed by atoms with Crippen molar-refractivity contribution < 1.29 is 41.7 Å². The topological polar surface area (TPSA) is 0 Å². The molecular weight excluding hydrogens is 1010 g/mol. The van der Waals surface area contributed by atoms with Crippen LogP contribution in [0.3, 0.4) is 0 Å². The van der Waals surface area contributed by atoms with Crippen molar-refractivity contribution in [2.24, 2.45) is 0 Å². The number of aryl methyl sites for hydroxylation is 4. The molecule has 0 heterocycles. The Labute approximate surface area is 408 Å². The van der Waals surface area contributed by atoms with Gasteiger partial charge in [-0.1, -0.05) is 77.9 Å². The van der Waals surface area contributed by atoms with E-state index in [4.69, 9.17) is 34.1 Å². The van der Waals surface area contributed by atoms with Gasteiger partial charge in [0.1, 0.15) is 0 Å². The third-order valence-corrected chi connectivity index (χ3v) is 9.09. The van der Waals surface area contributed by atoms with Gasteiger partial charge in [-0.25, -0.2) is 0 Å². The predicted molar refractivity (Wildman–Crippen MR) is 272 cm³/mol. The quantitative estimate of drug-likeness (QED) is 0.0848. The molecule has 8 rings (SSSR count). The van der Waals surface area contributed by atoms with Gasteiger partial charge in [-0.05, 0) is 25.7 Å². The second kappa shape index (κ2) is 39.3. The molecule has 0 spiro atoms. The van der Waals surface area contributed by atoms with Crippen molar-refractivity contribution >= 4 is 97.6 Å². The van der Waals surface area contributed by atoms with Crippen molar-refractivity contribution in [1.82, 2.24) is 0 Å². The molecule has 320 valence electrons. The summed E-state index contributed by atoms with van der Waals surface area (Å²) in [6, 6.07) is 52.0. The SMILES string of the molecule is CCc1cc2ccccc2[cH-]1.CCc1cc2ccccc2[cH-]1.CCc1cc2ccccc2[cH-]1.CCc1cc2ccccc2[cH-]1.C[Si].C[Si].[CH2-]CCCC[CH2-].[Cl][Zr][Cl].[Cl][Zr][Cl]. The van der Waals surface area contributed by atoms with E-state index in [0.717, 1.165) is 38.5 Å². The summed E-state index contributed by atoms with van der Waals surface area (Å²) in [5.41, 5.74) is 5.75. The molecule has 0 saturated carbocycles. The van der Waals surface area contributed by atoms with E-state index >= 15 is 0 Å². The van der Waals surface area contributed by atoms with E-state index in [2.05, 4.69) is 208 Å². The Bertz CT molecular complexity index is 1730. The molecule has 8 aromatic rings. The monoisotopic (exact) mass is 1060 g/mol. The van der Waals surface area contributed by atoms with E-state index in [1.165, 1.54) is 78.2 Å². The van der Waals surface area contributed by atoms with Gasteiger partial charge in [0.25, 0.3) is 0 Å². The first-order valence-corrected chi connectivity index (χ1v) is 35.1. The van der Waals surface area contributed by atoms with Gasteiger partial charge in [-0.15, -0.1) is 162 Å². The molecule has 0 saturated heterocycles. The van der Waals surface area contributed by atoms with Crippen LogP contribution in [0.2, 0.25) is 13.1 Å². The first-order valence-electron chi connectivity index (χ1n) is 20.4. The van der Waals surface area contributed by atoms with Crippen molar-refractivity contribution in [3.05, 3.63) is 182 Å². The van der Waals surface area contributed by atoms with Crippen LogP contribution in [0, 0.1) is 13.8 Å². The second-order valence-electron chi connectivity index (χ2n) is 12.9. The summed E-state index contributed by atoms with van der Waals surface area (Å²) < 4.78 is 0. The molecule has 0 aliphatic carbocycles. The van der Waals surface area contributed by atoms with E-state index in [1.54, 1.807) is 13.1 Å². The molecule has 0 unspecified atom stereocenters. The van der Waals surface area contributed by atoms with Crippen LogP contribution in [0.4, 0.5) is 0 Å². The number of rotatable bonds is 7. The van der Waals surface area contributed by atoms with Crippen molar-refractivity contribution in [2.75, 3.05) is 0 Å². The van der Waals surface area contributed by atoms with Crippen molar-refractivity contribution in [1.29, 1.82) is 0 Å². The summed E-state index contributed by atoms with van der Waals surface area (Å²) in [6.45, 7) is 19.8. The molecule has 0 atom stereocenters. The van der Waals surface area contributed by atoms with Crippen LogP contribution in [0.25, 0.3) is 43.1 Å². The second-order valence-corrected chi connectivity index (χ2v) is 20.4. The molecule has 6 radical (unpaired) electrons. The first-order chi connectivity index (χ1) is 29.3. The van der Waals surface area contributed by atoms with Gasteiger partial charge in [0.15, 0.2) is 0 Å². The Morgan fingerprint density at radius 3 is 0.733 bits per heavy atom. The van der Waals surface area contributed by atoms with Crippen LogP contribution in [0.5, 0.6) is 0 Å². The number of hydrogen-bond donors (Lipinski definition) is 0. The zero-order chi connectivity index (χ0) is 45.0. The van der Waals surface area contributed by atoms with Crippen molar-refractivity contribution in [3.63, 3.8) is 0 Å². The minimum absolute atomic E-state index is 0.826. The molecule has 8 heteroatoms. The molecule has 8 aromatic carbocycles. The minimum atomic E-state index is -0.826. The molecule has 0 bridgehead atoms. The average molecular weight is 1070 g/mol. The summed E-state index contributed by atoms with van der Waals surface area (Å²) in [5, 5.41) is 10.9. The molecule has 0 nitrogen and oxygen atoms in total. The first kappa shape index (κ1) is 58.7. The molecule has 0 fully saturated rings. The maximum atomic E-state index is 4.93. The standard InChI is InChI=1S/4C11H11.C6H12.2CH3Si.4ClH.2Zr/c4*1-2-9-7-10-5-3-4-6-11(10)8-9;1-3-5-6-4-2;2*1-2;;;;;;/h4*3-8H,2H2,1H3;1-6H2;2*1H3;4*1H;;/q4*-1;-2;;;;;;;2*+2/p-4. The van der Waals surface area contributed by atoms with Crippen LogP contribution in [0.15, 0.2) is 146 Å². The van der Waals surface area contributed by atoms with E-state index in [-0.39, 0.29) is 0 Å². The zero-order valence-electron chi connectivity index (χ0n) is 36.4. The molecule has 0 N–H and O–H groups in total. The molecule has 0 amide bonds. The normalized spacial score (nSPS) is 9.37. The van der Waals surface area contributed by atoms with Crippen LogP contribution < -0.4 is 0 Å². The Balaban J connectivity index is 0.000000694. The van der Waals surface area contributed by atoms with Gasteiger partial charge in [-0.2, -0.15) is 37.1 Å². The third-order valence-electron chi connectivity index (χ3n) is 9.09. The van der Waals surface area contributed by atoms with Gasteiger partial charge in [0.05, 0.1) is 0 Å². The fraction of sp³-hybridized carbons (Fsp3) is 0.269. The molecular formula is C52H62Cl4Si2Zr2-6. The summed E-state index contributed by atoms with van der Waals surface area (Å²) >= 11 is -1.65. The number of halogens is 4. The van der Waals surface area contributed by atoms with Crippen molar-refractivity contribution in [2.45, 2.75) is 92.2 Å². The molecule has 0 aliphatic rings. The van der Waals surface area contributed by atoms with Gasteiger partial charge in [-0.3, -0.25) is 0 Å². The van der Waals surface area contributed by atoms with Gasteiger partial charge < -0.3 is 13.8 Å². The van der Waals surface area contributed by atoms with Crippen LogP contribution in [-0.4, -0.2) is 20.5 Å². The molecule has 0 aliphatic heterocycles. The van der Waals surface area contributed by atoms with Crippen LogP contribution in [0.1, 0.15) is 75.6 Å². The van der Waals surface area contributed by atoms with Crippen molar-refractivity contribution in [3.8, 4) is 0 Å². The summed E-state index contributed by atoms with van der Waals surface area (Å²) in [4.78, 5) is 0. The third kappa shape index (κ3) is 23.9. The summed E-state index contributed by atoms with van der Waals surface area (Å²) in [6.07, 6.45) is 9.14. The van der Waals surface area contributed by atoms with Gasteiger partial charge >= 0.3 is 75.7 Å². The predicted octanol–water partition coefficient (Wildman–Crippen LogP) is 17.9. The van der Waals surface area contributed by atoms with E-state index in [9.17, 15) is 0 Å². The van der Waals surface area contributed by atoms with Crippen LogP contribution in [-0.2, 0) is 67.4 Å². The Morgan fingerprint density at radius 2 is 0.583 bits per heavy atom. The zero-order valence-corrected chi connectivity index (χ0v) is 46.4. The number of benzene rings is 4. The van der Waals surface area contributed by atoms with E-state index in [1.807, 2.05) is 0 Å². The summed E-state index contributed by atoms with van der Waals surface area (Å²) in [5.74, 6) is 0. The fourth-order valence-electron chi connectivity index (χ4n) is 6.03. The average Bonchev–Trinajstić information content (AvgIpc) is 4.12. The maximum absolute atomic E-state index is 4.93. The van der Waals surface area contributed by atoms with Crippen LogP contribution >= 0.6 is 34.1 Å². The Morgan fingerprint density at radius 1 is 0.400 bits per heavy atom. The van der Waals surface area contributed by atoms with E-state index < -0.39 is 41.7 Å². The Hall–Kier alpha value is -1.32. The van der Waals surface area contributed by atoms with Gasteiger partial charge in [0, 0.05) is 20.5 Å². The fourth-order valence-corrected chi connectivity index (χ4v) is 6.03. The Kier molecular flexibility index (Phi) is 38.4. The number of unbranched alkanes of at least 4 members (excludes halogenated alkanes) is 3.